The maximum Gasteiger partial charge on any atom is 0.224 e. The van der Waals surface area contributed by atoms with Gasteiger partial charge in [0, 0.05) is 46.2 Å². The SMILES string of the molecule is N=c1cc2c(nn1CCCCC(=O)Nc1ccc3c(c1)nc(-c1ccccc1)c1cc(N)ccc13)-c1ccccc1CC2. The van der Waals surface area contributed by atoms with E-state index in [-0.39, 0.29) is 5.91 Å². The summed E-state index contributed by atoms with van der Waals surface area (Å²) in [5.41, 5.74) is 15.2. The smallest absolute Gasteiger partial charge is 0.224 e. The number of hydrogen-bond donors (Lipinski definition) is 3. The lowest BCUT2D eigenvalue weighted by molar-refractivity contribution is -0.116. The largest absolute Gasteiger partial charge is 0.399 e. The van der Waals surface area contributed by atoms with Crippen LogP contribution in [0.2, 0.25) is 0 Å². The number of nitrogens with zero attached hydrogens (tertiary/aromatic N) is 3. The topological polar surface area (TPSA) is 110 Å². The van der Waals surface area contributed by atoms with Crippen LogP contribution in [0.1, 0.15) is 30.4 Å². The molecular formula is C36H32N6O. The number of hydrogen-bond acceptors (Lipinski definition) is 5. The summed E-state index contributed by atoms with van der Waals surface area (Å²) in [6, 6.07) is 32.2. The summed E-state index contributed by atoms with van der Waals surface area (Å²) in [4.78, 5) is 17.9. The predicted molar refractivity (Wildman–Crippen MR) is 173 cm³/mol. The highest BCUT2D eigenvalue weighted by Crippen LogP contribution is 2.35. The second kappa shape index (κ2) is 11.2. The molecule has 0 atom stereocenters. The fourth-order valence-corrected chi connectivity index (χ4v) is 6.06. The second-order valence-corrected chi connectivity index (χ2v) is 11.2. The van der Waals surface area contributed by atoms with E-state index in [4.69, 9.17) is 21.2 Å². The Morgan fingerprint density at radius 3 is 2.49 bits per heavy atom. The van der Waals surface area contributed by atoms with Crippen LogP contribution in [-0.4, -0.2) is 20.7 Å². The Morgan fingerprint density at radius 2 is 1.60 bits per heavy atom. The highest BCUT2D eigenvalue weighted by Gasteiger charge is 2.18. The molecule has 4 aromatic carbocycles. The molecule has 7 rings (SSSR count). The van der Waals surface area contributed by atoms with Crippen molar-refractivity contribution in [2.24, 2.45) is 0 Å². The number of nitrogens with two attached hydrogens (primary N) is 1. The van der Waals surface area contributed by atoms with Gasteiger partial charge < -0.3 is 11.1 Å². The van der Waals surface area contributed by atoms with Crippen LogP contribution >= 0.6 is 0 Å². The first-order valence-corrected chi connectivity index (χ1v) is 14.8. The molecule has 43 heavy (non-hydrogen) atoms. The van der Waals surface area contributed by atoms with Crippen molar-refractivity contribution in [1.82, 2.24) is 14.8 Å². The number of anilines is 2. The van der Waals surface area contributed by atoms with Crippen LogP contribution in [0.5, 0.6) is 0 Å². The summed E-state index contributed by atoms with van der Waals surface area (Å²) in [5, 5.41) is 19.4. The van der Waals surface area contributed by atoms with Crippen molar-refractivity contribution in [3.05, 3.63) is 114 Å². The lowest BCUT2D eigenvalue weighted by Crippen LogP contribution is -2.26. The molecule has 0 spiro atoms. The Kier molecular flexibility index (Phi) is 6.91. The molecule has 0 saturated heterocycles. The zero-order valence-electron chi connectivity index (χ0n) is 23.8. The molecule has 0 radical (unpaired) electrons. The molecule has 0 aliphatic heterocycles. The van der Waals surface area contributed by atoms with Gasteiger partial charge in [-0.3, -0.25) is 10.2 Å². The van der Waals surface area contributed by atoms with E-state index >= 15 is 0 Å². The monoisotopic (exact) mass is 564 g/mol. The number of unbranched alkanes of at least 4 members (excludes halogenated alkanes) is 1. The number of benzene rings is 4. The third kappa shape index (κ3) is 5.26. The van der Waals surface area contributed by atoms with Crippen LogP contribution in [0.15, 0.2) is 97.1 Å². The average Bonchev–Trinajstić information content (AvgIpc) is 3.03. The van der Waals surface area contributed by atoms with Crippen molar-refractivity contribution >= 4 is 39.0 Å². The molecule has 2 heterocycles. The summed E-state index contributed by atoms with van der Waals surface area (Å²) in [7, 11) is 0. The van der Waals surface area contributed by atoms with Gasteiger partial charge in [-0.25, -0.2) is 9.67 Å². The first-order chi connectivity index (χ1) is 21.0. The van der Waals surface area contributed by atoms with E-state index in [9.17, 15) is 4.79 Å². The quantitative estimate of drug-likeness (QED) is 0.111. The van der Waals surface area contributed by atoms with Crippen molar-refractivity contribution in [3.8, 4) is 22.5 Å². The Morgan fingerprint density at radius 1 is 0.814 bits per heavy atom. The highest BCUT2D eigenvalue weighted by molar-refractivity contribution is 6.12. The Labute approximate surface area is 249 Å². The Balaban J connectivity index is 1.04. The van der Waals surface area contributed by atoms with Crippen molar-refractivity contribution < 1.29 is 4.79 Å². The van der Waals surface area contributed by atoms with E-state index < -0.39 is 0 Å². The molecule has 7 heteroatoms. The number of aromatic nitrogens is 3. The number of amides is 1. The lowest BCUT2D eigenvalue weighted by atomic mass is 9.89. The molecular weight excluding hydrogens is 532 g/mol. The van der Waals surface area contributed by atoms with E-state index in [1.165, 1.54) is 5.56 Å². The minimum absolute atomic E-state index is 0.0420. The number of carbonyl (C=O) groups excluding carboxylic acids is 1. The van der Waals surface area contributed by atoms with Gasteiger partial charge in [-0.05, 0) is 72.5 Å². The Bertz CT molecular complexity index is 2070. The van der Waals surface area contributed by atoms with E-state index in [0.717, 1.165) is 74.7 Å². The van der Waals surface area contributed by atoms with Crippen LogP contribution in [0.4, 0.5) is 11.4 Å². The molecule has 1 aliphatic rings. The normalized spacial score (nSPS) is 12.2. The maximum atomic E-state index is 12.9. The second-order valence-electron chi connectivity index (χ2n) is 11.2. The molecule has 7 nitrogen and oxygen atoms in total. The summed E-state index contributed by atoms with van der Waals surface area (Å²) >= 11 is 0. The van der Waals surface area contributed by atoms with E-state index in [1.54, 1.807) is 4.68 Å². The van der Waals surface area contributed by atoms with Gasteiger partial charge in [-0.15, -0.1) is 0 Å². The summed E-state index contributed by atoms with van der Waals surface area (Å²) in [6.07, 6.45) is 3.74. The number of pyridine rings is 1. The highest BCUT2D eigenvalue weighted by atomic mass is 16.1. The minimum atomic E-state index is -0.0420. The Hall–Kier alpha value is -5.30. The van der Waals surface area contributed by atoms with Crippen LogP contribution in [0.3, 0.4) is 0 Å². The van der Waals surface area contributed by atoms with Crippen LogP contribution in [-0.2, 0) is 24.2 Å². The number of rotatable bonds is 7. The summed E-state index contributed by atoms with van der Waals surface area (Å²) in [5.74, 6) is -0.0420. The van der Waals surface area contributed by atoms with Crippen LogP contribution in [0, 0.1) is 5.41 Å². The van der Waals surface area contributed by atoms with Gasteiger partial charge in [0.05, 0.1) is 16.9 Å². The predicted octanol–water partition coefficient (Wildman–Crippen LogP) is 6.89. The molecule has 212 valence electrons. The van der Waals surface area contributed by atoms with Crippen molar-refractivity contribution in [3.63, 3.8) is 0 Å². The van der Waals surface area contributed by atoms with Gasteiger partial charge in [-0.1, -0.05) is 66.7 Å². The first-order valence-electron chi connectivity index (χ1n) is 14.8. The zero-order chi connectivity index (χ0) is 29.3. The molecule has 1 amide bonds. The molecule has 0 fully saturated rings. The molecule has 0 bridgehead atoms. The minimum Gasteiger partial charge on any atom is -0.399 e. The fourth-order valence-electron chi connectivity index (χ4n) is 6.06. The van der Waals surface area contributed by atoms with Gasteiger partial charge in [0.2, 0.25) is 5.91 Å². The number of nitrogens with one attached hydrogen (secondary N) is 2. The molecule has 2 aromatic heterocycles. The molecule has 0 unspecified atom stereocenters. The van der Waals surface area contributed by atoms with Gasteiger partial charge in [0.1, 0.15) is 5.49 Å². The first kappa shape index (κ1) is 26.6. The van der Waals surface area contributed by atoms with Crippen molar-refractivity contribution in [1.29, 1.82) is 5.41 Å². The number of fused-ring (bicyclic) bond motifs is 6. The number of aryl methyl sites for hydroxylation is 3. The summed E-state index contributed by atoms with van der Waals surface area (Å²) in [6.45, 7) is 0.599. The van der Waals surface area contributed by atoms with Gasteiger partial charge in [0.15, 0.2) is 0 Å². The van der Waals surface area contributed by atoms with E-state index in [0.29, 0.717) is 30.6 Å². The zero-order valence-corrected chi connectivity index (χ0v) is 23.8. The maximum absolute atomic E-state index is 12.9. The fraction of sp³-hybridized carbons (Fsp3) is 0.167. The molecule has 6 aromatic rings. The average molecular weight is 565 g/mol. The third-order valence-electron chi connectivity index (χ3n) is 8.22. The van der Waals surface area contributed by atoms with Gasteiger partial charge in [-0.2, -0.15) is 5.10 Å². The van der Waals surface area contributed by atoms with Crippen LogP contribution in [0.25, 0.3) is 44.2 Å². The number of nitrogen functional groups attached to an aromatic ring is 1. The lowest BCUT2D eigenvalue weighted by Gasteiger charge is -2.20. The third-order valence-corrected chi connectivity index (χ3v) is 8.22. The van der Waals surface area contributed by atoms with E-state index in [2.05, 4.69) is 23.5 Å². The molecule has 4 N–H and O–H groups in total. The van der Waals surface area contributed by atoms with Gasteiger partial charge in [0.25, 0.3) is 0 Å². The van der Waals surface area contributed by atoms with Gasteiger partial charge >= 0.3 is 0 Å². The van der Waals surface area contributed by atoms with E-state index in [1.807, 2.05) is 78.9 Å². The van der Waals surface area contributed by atoms with Crippen LogP contribution < -0.4 is 16.5 Å². The van der Waals surface area contributed by atoms with Crippen molar-refractivity contribution in [2.75, 3.05) is 11.1 Å². The summed E-state index contributed by atoms with van der Waals surface area (Å²) < 4.78 is 1.76. The van der Waals surface area contributed by atoms with Crippen molar-refractivity contribution in [2.45, 2.75) is 38.6 Å². The number of carbonyl (C=O) groups is 1. The molecule has 1 aliphatic carbocycles. The molecule has 0 saturated carbocycles. The standard InChI is InChI=1S/C36H32N6O/c37-26-15-17-29-30-18-16-27(22-32(30)40-35(31(29)21-26)24-9-2-1-3-10-24)39-34(43)12-6-7-19-42-33(38)20-25-14-13-23-8-4-5-11-28(23)36(25)41-42/h1-5,8-11,15-18,20-22,38H,6-7,12-14,19,37H2,(H,39,43).